The fraction of sp³-hybridized carbons (Fsp3) is 0.462. The van der Waals surface area contributed by atoms with E-state index in [1.807, 2.05) is 0 Å². The number of benzene rings is 1. The molecule has 0 aromatic heterocycles. The van der Waals surface area contributed by atoms with Gasteiger partial charge >= 0.3 is 5.97 Å². The first kappa shape index (κ1) is 14.8. The molecule has 0 saturated heterocycles. The van der Waals surface area contributed by atoms with E-state index in [2.05, 4.69) is 10.0 Å². The number of anilines is 1. The summed E-state index contributed by atoms with van der Waals surface area (Å²) in [5.74, 6) is -0.713. The van der Waals surface area contributed by atoms with Crippen LogP contribution in [0.5, 0.6) is 0 Å². The Kier molecular flexibility index (Phi) is 4.29. The Morgan fingerprint density at radius 1 is 1.35 bits per heavy atom. The van der Waals surface area contributed by atoms with Crippen LogP contribution in [0.15, 0.2) is 29.2 Å². The highest BCUT2D eigenvalue weighted by Crippen LogP contribution is 2.34. The predicted octanol–water partition coefficient (Wildman–Crippen LogP) is 1.26. The first-order chi connectivity index (χ1) is 9.44. The summed E-state index contributed by atoms with van der Waals surface area (Å²) in [6.45, 7) is 2.03. The van der Waals surface area contributed by atoms with Crippen LogP contribution in [0, 0.1) is 5.92 Å². The Hall–Kier alpha value is -1.60. The zero-order chi connectivity index (χ0) is 14.8. The Morgan fingerprint density at radius 3 is 2.40 bits per heavy atom. The maximum atomic E-state index is 11.8. The third-order valence-corrected chi connectivity index (χ3v) is 4.74. The zero-order valence-corrected chi connectivity index (χ0v) is 12.0. The van der Waals surface area contributed by atoms with Gasteiger partial charge in [0.05, 0.1) is 4.90 Å². The third-order valence-electron chi connectivity index (χ3n) is 3.18. The van der Waals surface area contributed by atoms with Crippen LogP contribution in [0.25, 0.3) is 0 Å². The van der Waals surface area contributed by atoms with E-state index >= 15 is 0 Å². The van der Waals surface area contributed by atoms with Gasteiger partial charge in [-0.15, -0.1) is 0 Å². The second kappa shape index (κ2) is 5.80. The molecule has 1 saturated carbocycles. The second-order valence-corrected chi connectivity index (χ2v) is 6.59. The van der Waals surface area contributed by atoms with Crippen molar-refractivity contribution in [3.8, 4) is 0 Å². The van der Waals surface area contributed by atoms with E-state index in [4.69, 9.17) is 5.11 Å². The molecule has 1 aliphatic carbocycles. The average molecular weight is 298 g/mol. The monoisotopic (exact) mass is 298 g/mol. The number of aliphatic carboxylic acids is 1. The summed E-state index contributed by atoms with van der Waals surface area (Å²) in [5.41, 5.74) is 0.611. The maximum absolute atomic E-state index is 11.8. The summed E-state index contributed by atoms with van der Waals surface area (Å²) in [5, 5.41) is 12.1. The quantitative estimate of drug-likeness (QED) is 0.704. The summed E-state index contributed by atoms with van der Waals surface area (Å²) in [6, 6.07) is 5.50. The predicted molar refractivity (Wildman–Crippen MR) is 75.1 cm³/mol. The lowest BCUT2D eigenvalue weighted by Gasteiger charge is -2.15. The first-order valence-corrected chi connectivity index (χ1v) is 8.01. The lowest BCUT2D eigenvalue weighted by atomic mass is 10.1. The molecule has 20 heavy (non-hydrogen) atoms. The SMILES string of the molecule is CCNS(=O)(=O)c1ccc(NC(C(=O)O)C2CC2)cc1. The zero-order valence-electron chi connectivity index (χ0n) is 11.2. The lowest BCUT2D eigenvalue weighted by Crippen LogP contribution is -2.31. The molecule has 0 bridgehead atoms. The average Bonchev–Trinajstić information content (AvgIpc) is 3.20. The van der Waals surface area contributed by atoms with Gasteiger partial charge in [0, 0.05) is 12.2 Å². The van der Waals surface area contributed by atoms with Crippen molar-refractivity contribution in [1.29, 1.82) is 0 Å². The minimum atomic E-state index is -3.47. The lowest BCUT2D eigenvalue weighted by molar-refractivity contribution is -0.138. The van der Waals surface area contributed by atoms with Crippen molar-refractivity contribution in [2.75, 3.05) is 11.9 Å². The fourth-order valence-corrected chi connectivity index (χ4v) is 3.04. The number of carboxylic acid groups (broad SMARTS) is 1. The summed E-state index contributed by atoms with van der Waals surface area (Å²) >= 11 is 0. The van der Waals surface area contributed by atoms with Crippen LogP contribution in [-0.2, 0) is 14.8 Å². The van der Waals surface area contributed by atoms with Gasteiger partial charge in [-0.25, -0.2) is 17.9 Å². The summed E-state index contributed by atoms with van der Waals surface area (Å²) in [7, 11) is -3.47. The van der Waals surface area contributed by atoms with Crippen molar-refractivity contribution >= 4 is 21.7 Å². The van der Waals surface area contributed by atoms with Crippen molar-refractivity contribution in [2.24, 2.45) is 5.92 Å². The Labute approximate surface area is 118 Å². The maximum Gasteiger partial charge on any atom is 0.326 e. The molecule has 0 aliphatic heterocycles. The van der Waals surface area contributed by atoms with Crippen molar-refractivity contribution in [1.82, 2.24) is 4.72 Å². The molecular formula is C13H18N2O4S. The van der Waals surface area contributed by atoms with E-state index < -0.39 is 22.0 Å². The number of nitrogens with one attached hydrogen (secondary N) is 2. The smallest absolute Gasteiger partial charge is 0.326 e. The van der Waals surface area contributed by atoms with E-state index in [-0.39, 0.29) is 10.8 Å². The van der Waals surface area contributed by atoms with Crippen LogP contribution in [0.3, 0.4) is 0 Å². The molecule has 1 aliphatic rings. The Morgan fingerprint density at radius 2 is 1.95 bits per heavy atom. The van der Waals surface area contributed by atoms with E-state index in [0.717, 1.165) is 12.8 Å². The molecule has 7 heteroatoms. The summed E-state index contributed by atoms with van der Waals surface area (Å²) < 4.78 is 25.9. The third kappa shape index (κ3) is 3.49. The molecule has 1 aromatic carbocycles. The summed E-state index contributed by atoms with van der Waals surface area (Å²) in [6.07, 6.45) is 1.83. The van der Waals surface area contributed by atoms with E-state index in [1.54, 1.807) is 19.1 Å². The van der Waals surface area contributed by atoms with Crippen LogP contribution in [0.4, 0.5) is 5.69 Å². The molecular weight excluding hydrogens is 280 g/mol. The highest BCUT2D eigenvalue weighted by atomic mass is 32.2. The largest absolute Gasteiger partial charge is 0.480 e. The minimum Gasteiger partial charge on any atom is -0.480 e. The number of carboxylic acids is 1. The van der Waals surface area contributed by atoms with Crippen molar-refractivity contribution in [3.63, 3.8) is 0 Å². The fourth-order valence-electron chi connectivity index (χ4n) is 1.99. The second-order valence-electron chi connectivity index (χ2n) is 4.82. The summed E-state index contributed by atoms with van der Waals surface area (Å²) in [4.78, 5) is 11.3. The van der Waals surface area contributed by atoms with Gasteiger partial charge < -0.3 is 10.4 Å². The topological polar surface area (TPSA) is 95.5 Å². The molecule has 110 valence electrons. The van der Waals surface area contributed by atoms with Crippen molar-refractivity contribution < 1.29 is 18.3 Å². The van der Waals surface area contributed by atoms with Crippen LogP contribution < -0.4 is 10.0 Å². The Balaban J connectivity index is 2.10. The van der Waals surface area contributed by atoms with Crippen LogP contribution >= 0.6 is 0 Å². The van der Waals surface area contributed by atoms with Gasteiger partial charge in [0.25, 0.3) is 0 Å². The van der Waals surface area contributed by atoms with Gasteiger partial charge in [-0.2, -0.15) is 0 Å². The normalized spacial score (nSPS) is 16.6. The molecule has 6 nitrogen and oxygen atoms in total. The molecule has 0 heterocycles. The highest BCUT2D eigenvalue weighted by Gasteiger charge is 2.36. The molecule has 3 N–H and O–H groups in total. The molecule has 0 amide bonds. The number of rotatable bonds is 7. The van der Waals surface area contributed by atoms with E-state index in [9.17, 15) is 13.2 Å². The van der Waals surface area contributed by atoms with Gasteiger partial charge in [0.2, 0.25) is 10.0 Å². The number of hydrogen-bond donors (Lipinski definition) is 3. The molecule has 0 spiro atoms. The van der Waals surface area contributed by atoms with Crippen LogP contribution in [-0.4, -0.2) is 32.1 Å². The molecule has 0 radical (unpaired) electrons. The Bertz CT molecular complexity index is 579. The first-order valence-electron chi connectivity index (χ1n) is 6.53. The van der Waals surface area contributed by atoms with Crippen molar-refractivity contribution in [2.45, 2.75) is 30.7 Å². The van der Waals surface area contributed by atoms with Gasteiger partial charge in [-0.3, -0.25) is 0 Å². The number of hydrogen-bond acceptors (Lipinski definition) is 4. The highest BCUT2D eigenvalue weighted by molar-refractivity contribution is 7.89. The molecule has 1 atom stereocenters. The molecule has 1 aromatic rings. The van der Waals surface area contributed by atoms with E-state index in [1.165, 1.54) is 12.1 Å². The minimum absolute atomic E-state index is 0.165. The van der Waals surface area contributed by atoms with Gasteiger partial charge in [0.15, 0.2) is 0 Å². The van der Waals surface area contributed by atoms with Gasteiger partial charge in [-0.1, -0.05) is 6.92 Å². The molecule has 1 fully saturated rings. The number of sulfonamides is 1. The van der Waals surface area contributed by atoms with E-state index in [0.29, 0.717) is 12.2 Å². The van der Waals surface area contributed by atoms with Crippen LogP contribution in [0.2, 0.25) is 0 Å². The number of carbonyl (C=O) groups is 1. The van der Waals surface area contributed by atoms with Crippen LogP contribution in [0.1, 0.15) is 19.8 Å². The van der Waals surface area contributed by atoms with Crippen molar-refractivity contribution in [3.05, 3.63) is 24.3 Å². The standard InChI is InChI=1S/C13H18N2O4S/c1-2-14-20(18,19)11-7-5-10(6-8-11)15-12(13(16)17)9-3-4-9/h5-9,12,14-15H,2-4H2,1H3,(H,16,17). The van der Waals surface area contributed by atoms with Gasteiger partial charge in [-0.05, 0) is 43.0 Å². The molecule has 1 unspecified atom stereocenters. The van der Waals surface area contributed by atoms with Gasteiger partial charge in [0.1, 0.15) is 6.04 Å². The molecule has 2 rings (SSSR count).